The Labute approximate surface area is 136 Å². The second kappa shape index (κ2) is 6.37. The van der Waals surface area contributed by atoms with Crippen LogP contribution in [0.15, 0.2) is 16.9 Å². The number of nitrogens with one attached hydrogen (secondary N) is 1. The van der Waals surface area contributed by atoms with Crippen molar-refractivity contribution in [2.45, 2.75) is 26.1 Å². The summed E-state index contributed by atoms with van der Waals surface area (Å²) in [5.74, 6) is 0.413. The van der Waals surface area contributed by atoms with Crippen LogP contribution in [0.1, 0.15) is 18.4 Å². The van der Waals surface area contributed by atoms with E-state index in [0.29, 0.717) is 5.92 Å². The number of hydrogen-bond donors (Lipinski definition) is 1. The van der Waals surface area contributed by atoms with Crippen LogP contribution in [-0.4, -0.2) is 43.2 Å². The van der Waals surface area contributed by atoms with Gasteiger partial charge in [0.25, 0.3) is 0 Å². The van der Waals surface area contributed by atoms with E-state index >= 15 is 0 Å². The first-order chi connectivity index (χ1) is 11.1. The number of piperidine rings is 1. The van der Waals surface area contributed by atoms with Crippen LogP contribution in [0.3, 0.4) is 0 Å². The Kier molecular flexibility index (Phi) is 4.46. The van der Waals surface area contributed by atoms with Crippen LogP contribution < -0.4 is 10.6 Å². The predicted octanol–water partition coefficient (Wildman–Crippen LogP) is 2.01. The Balaban J connectivity index is 1.90. The molecule has 2 aromatic rings. The SMILES string of the molecule is COC(OC)C1CCN(c2c(C)ccc3[nH]c(=O)n(C)c23)CC1. The number of fused-ring (bicyclic) bond motifs is 1. The van der Waals surface area contributed by atoms with E-state index < -0.39 is 0 Å². The molecule has 6 heteroatoms. The molecule has 0 saturated carbocycles. The van der Waals surface area contributed by atoms with E-state index in [2.05, 4.69) is 22.9 Å². The fourth-order valence-corrected chi connectivity index (χ4v) is 3.70. The minimum atomic E-state index is -0.134. The summed E-state index contributed by atoms with van der Waals surface area (Å²) in [7, 11) is 5.21. The molecule has 126 valence electrons. The lowest BCUT2D eigenvalue weighted by atomic mass is 9.95. The van der Waals surface area contributed by atoms with E-state index in [0.717, 1.165) is 42.7 Å². The van der Waals surface area contributed by atoms with Crippen molar-refractivity contribution in [1.82, 2.24) is 9.55 Å². The minimum Gasteiger partial charge on any atom is -0.370 e. The van der Waals surface area contributed by atoms with Crippen molar-refractivity contribution in [3.8, 4) is 0 Å². The molecule has 6 nitrogen and oxygen atoms in total. The molecule has 1 aliphatic rings. The summed E-state index contributed by atoms with van der Waals surface area (Å²) in [6.07, 6.45) is 1.90. The number of aryl methyl sites for hydroxylation is 2. The zero-order chi connectivity index (χ0) is 16.6. The molecule has 23 heavy (non-hydrogen) atoms. The zero-order valence-electron chi connectivity index (χ0n) is 14.3. The Morgan fingerprint density at radius 1 is 1.22 bits per heavy atom. The van der Waals surface area contributed by atoms with Crippen molar-refractivity contribution >= 4 is 16.7 Å². The standard InChI is InChI=1S/C17H25N3O3/c1-11-5-6-13-15(19(2)17(21)18-13)14(11)20-9-7-12(8-10-20)16(22-3)23-4/h5-6,12,16H,7-10H2,1-4H3,(H,18,21). The van der Waals surface area contributed by atoms with Gasteiger partial charge in [0, 0.05) is 40.3 Å². The molecule has 1 saturated heterocycles. The van der Waals surface area contributed by atoms with E-state index in [4.69, 9.17) is 9.47 Å². The molecule has 0 bridgehead atoms. The fourth-order valence-electron chi connectivity index (χ4n) is 3.70. The Morgan fingerprint density at radius 2 is 1.87 bits per heavy atom. The number of benzene rings is 1. The number of H-pyrrole nitrogens is 1. The summed E-state index contributed by atoms with van der Waals surface area (Å²) >= 11 is 0. The maximum Gasteiger partial charge on any atom is 0.326 e. The fraction of sp³-hybridized carbons (Fsp3) is 0.588. The number of hydrogen-bond acceptors (Lipinski definition) is 4. The van der Waals surface area contributed by atoms with Crippen LogP contribution in [-0.2, 0) is 16.5 Å². The van der Waals surface area contributed by atoms with Crippen molar-refractivity contribution in [3.63, 3.8) is 0 Å². The van der Waals surface area contributed by atoms with Gasteiger partial charge in [0.15, 0.2) is 6.29 Å². The van der Waals surface area contributed by atoms with Gasteiger partial charge < -0.3 is 19.4 Å². The first kappa shape index (κ1) is 16.1. The van der Waals surface area contributed by atoms with Gasteiger partial charge in [0.2, 0.25) is 0 Å². The van der Waals surface area contributed by atoms with Crippen LogP contribution in [0.2, 0.25) is 0 Å². The second-order valence-electron chi connectivity index (χ2n) is 6.28. The lowest BCUT2D eigenvalue weighted by Gasteiger charge is -2.37. The summed E-state index contributed by atoms with van der Waals surface area (Å²) in [6.45, 7) is 3.98. The van der Waals surface area contributed by atoms with Gasteiger partial charge >= 0.3 is 5.69 Å². The number of imidazole rings is 1. The average molecular weight is 319 g/mol. The van der Waals surface area contributed by atoms with Crippen molar-refractivity contribution < 1.29 is 9.47 Å². The molecule has 1 aromatic heterocycles. The van der Waals surface area contributed by atoms with Gasteiger partial charge in [-0.2, -0.15) is 0 Å². The lowest BCUT2D eigenvalue weighted by molar-refractivity contribution is -0.141. The molecular formula is C17H25N3O3. The van der Waals surface area contributed by atoms with E-state index in [-0.39, 0.29) is 12.0 Å². The van der Waals surface area contributed by atoms with E-state index in [1.165, 1.54) is 5.56 Å². The number of nitrogens with zero attached hydrogens (tertiary/aromatic N) is 2. The third-order valence-electron chi connectivity index (χ3n) is 4.94. The maximum absolute atomic E-state index is 12.0. The van der Waals surface area contributed by atoms with E-state index in [1.54, 1.807) is 18.8 Å². The quantitative estimate of drug-likeness (QED) is 0.876. The smallest absolute Gasteiger partial charge is 0.326 e. The number of anilines is 1. The van der Waals surface area contributed by atoms with Gasteiger partial charge in [-0.05, 0) is 31.4 Å². The van der Waals surface area contributed by atoms with Crippen molar-refractivity contribution in [3.05, 3.63) is 28.2 Å². The molecule has 1 N–H and O–H groups in total. The van der Waals surface area contributed by atoms with Crippen molar-refractivity contribution in [2.24, 2.45) is 13.0 Å². The third-order valence-corrected chi connectivity index (χ3v) is 4.94. The molecule has 1 aromatic carbocycles. The maximum atomic E-state index is 12.0. The molecular weight excluding hydrogens is 294 g/mol. The molecule has 0 unspecified atom stereocenters. The van der Waals surface area contributed by atoms with Crippen LogP contribution >= 0.6 is 0 Å². The van der Waals surface area contributed by atoms with E-state index in [1.807, 2.05) is 13.1 Å². The Hall–Kier alpha value is -1.79. The first-order valence-corrected chi connectivity index (χ1v) is 8.05. The van der Waals surface area contributed by atoms with E-state index in [9.17, 15) is 4.79 Å². The van der Waals surface area contributed by atoms with Crippen LogP contribution in [0, 0.1) is 12.8 Å². The normalized spacial score (nSPS) is 16.7. The number of aromatic amines is 1. The topological polar surface area (TPSA) is 59.5 Å². The highest BCUT2D eigenvalue weighted by Gasteiger charge is 2.28. The van der Waals surface area contributed by atoms with Crippen LogP contribution in [0.5, 0.6) is 0 Å². The lowest BCUT2D eigenvalue weighted by Crippen LogP contribution is -2.39. The molecule has 3 rings (SSSR count). The highest BCUT2D eigenvalue weighted by molar-refractivity contribution is 5.91. The van der Waals surface area contributed by atoms with Gasteiger partial charge in [-0.1, -0.05) is 6.07 Å². The Morgan fingerprint density at radius 3 is 2.48 bits per heavy atom. The van der Waals surface area contributed by atoms with Crippen LogP contribution in [0.25, 0.3) is 11.0 Å². The number of ether oxygens (including phenoxy) is 2. The molecule has 0 atom stereocenters. The van der Waals surface area contributed by atoms with Gasteiger partial charge in [0.1, 0.15) is 0 Å². The monoisotopic (exact) mass is 319 g/mol. The average Bonchev–Trinajstić information content (AvgIpc) is 2.85. The minimum absolute atomic E-state index is 0.0689. The summed E-state index contributed by atoms with van der Waals surface area (Å²) in [4.78, 5) is 17.3. The summed E-state index contributed by atoms with van der Waals surface area (Å²) in [6, 6.07) is 4.06. The first-order valence-electron chi connectivity index (χ1n) is 8.05. The van der Waals surface area contributed by atoms with Gasteiger partial charge in [-0.15, -0.1) is 0 Å². The van der Waals surface area contributed by atoms with Gasteiger partial charge in [-0.3, -0.25) is 4.57 Å². The highest BCUT2D eigenvalue weighted by atomic mass is 16.7. The summed E-state index contributed by atoms with van der Waals surface area (Å²) in [5, 5.41) is 0. The molecule has 0 radical (unpaired) electrons. The van der Waals surface area contributed by atoms with Crippen molar-refractivity contribution in [2.75, 3.05) is 32.2 Å². The molecule has 2 heterocycles. The number of methoxy groups -OCH3 is 2. The summed E-state index contributed by atoms with van der Waals surface area (Å²) in [5.41, 5.74) is 4.17. The second-order valence-corrected chi connectivity index (χ2v) is 6.28. The number of aromatic nitrogens is 2. The molecule has 0 aliphatic carbocycles. The van der Waals surface area contributed by atoms with Crippen molar-refractivity contribution in [1.29, 1.82) is 0 Å². The zero-order valence-corrected chi connectivity index (χ0v) is 14.3. The third kappa shape index (κ3) is 2.77. The largest absolute Gasteiger partial charge is 0.370 e. The predicted molar refractivity (Wildman–Crippen MR) is 91.0 cm³/mol. The Bertz CT molecular complexity index is 737. The molecule has 1 aliphatic heterocycles. The van der Waals surface area contributed by atoms with Crippen LogP contribution in [0.4, 0.5) is 5.69 Å². The number of rotatable bonds is 4. The molecule has 0 spiro atoms. The van der Waals surface area contributed by atoms with Gasteiger partial charge in [-0.25, -0.2) is 4.79 Å². The molecule has 1 fully saturated rings. The molecule has 0 amide bonds. The summed E-state index contributed by atoms with van der Waals surface area (Å²) < 4.78 is 12.5. The van der Waals surface area contributed by atoms with Gasteiger partial charge in [0.05, 0.1) is 16.7 Å². The highest BCUT2D eigenvalue weighted by Crippen LogP contribution is 2.33.